The van der Waals surface area contributed by atoms with E-state index in [0.29, 0.717) is 17.6 Å². The number of amides is 1. The normalized spacial score (nSPS) is 20.3. The molecule has 0 N–H and O–H groups in total. The van der Waals surface area contributed by atoms with Crippen LogP contribution >= 0.6 is 11.8 Å². The van der Waals surface area contributed by atoms with E-state index in [2.05, 4.69) is 47.7 Å². The van der Waals surface area contributed by atoms with E-state index >= 15 is 0 Å². The summed E-state index contributed by atoms with van der Waals surface area (Å²) in [6.07, 6.45) is 1.97. The molecule has 5 nitrogen and oxygen atoms in total. The van der Waals surface area contributed by atoms with Gasteiger partial charge in [0.2, 0.25) is 5.91 Å². The van der Waals surface area contributed by atoms with Crippen LogP contribution in [0.3, 0.4) is 0 Å². The number of hydrogen-bond donors (Lipinski definition) is 0. The van der Waals surface area contributed by atoms with Crippen molar-refractivity contribution in [3.05, 3.63) is 41.7 Å². The van der Waals surface area contributed by atoms with Crippen LogP contribution in [-0.4, -0.2) is 44.4 Å². The molecule has 0 unspecified atom stereocenters. The number of rotatable bonds is 6. The van der Waals surface area contributed by atoms with Crippen LogP contribution in [0.4, 0.5) is 0 Å². The van der Waals surface area contributed by atoms with Crippen molar-refractivity contribution in [3.8, 4) is 0 Å². The van der Waals surface area contributed by atoms with Crippen LogP contribution in [0.2, 0.25) is 0 Å². The van der Waals surface area contributed by atoms with Crippen molar-refractivity contribution in [2.45, 2.75) is 45.3 Å². The lowest BCUT2D eigenvalue weighted by molar-refractivity contribution is -0.130. The zero-order chi connectivity index (χ0) is 18.5. The Kier molecular flexibility index (Phi) is 6.35. The molecule has 1 aliphatic heterocycles. The fourth-order valence-corrected chi connectivity index (χ4v) is 4.66. The van der Waals surface area contributed by atoms with Gasteiger partial charge >= 0.3 is 0 Å². The standard InChI is InChI=1S/C20H28N4OS/c1-4-24-18(11-17-8-6-5-7-9-17)21-22-20(24)26-14-19(25)23-12-15(2)10-16(3)13-23/h5-9,15-16H,4,10-14H2,1-3H3/t15-,16-/m0/s1. The number of carbonyl (C=O) groups is 1. The van der Waals surface area contributed by atoms with Gasteiger partial charge in [0.05, 0.1) is 5.75 Å². The van der Waals surface area contributed by atoms with Crippen LogP contribution in [0.5, 0.6) is 0 Å². The van der Waals surface area contributed by atoms with Crippen LogP contribution in [0.15, 0.2) is 35.5 Å². The van der Waals surface area contributed by atoms with Gasteiger partial charge < -0.3 is 9.47 Å². The summed E-state index contributed by atoms with van der Waals surface area (Å²) in [6, 6.07) is 10.3. The van der Waals surface area contributed by atoms with E-state index in [1.165, 1.54) is 23.7 Å². The topological polar surface area (TPSA) is 51.0 Å². The van der Waals surface area contributed by atoms with E-state index in [0.717, 1.165) is 37.0 Å². The van der Waals surface area contributed by atoms with Crippen molar-refractivity contribution in [3.63, 3.8) is 0 Å². The molecule has 1 fully saturated rings. The molecule has 2 heterocycles. The first-order valence-electron chi connectivity index (χ1n) is 9.43. The summed E-state index contributed by atoms with van der Waals surface area (Å²) >= 11 is 1.51. The van der Waals surface area contributed by atoms with Crippen molar-refractivity contribution in [2.75, 3.05) is 18.8 Å². The van der Waals surface area contributed by atoms with Gasteiger partial charge in [0, 0.05) is 26.1 Å². The summed E-state index contributed by atoms with van der Waals surface area (Å²) in [4.78, 5) is 14.6. The lowest BCUT2D eigenvalue weighted by Gasteiger charge is -2.34. The molecule has 0 radical (unpaired) electrons. The molecule has 1 saturated heterocycles. The molecule has 2 atom stereocenters. The van der Waals surface area contributed by atoms with Crippen LogP contribution < -0.4 is 0 Å². The fourth-order valence-electron chi connectivity index (χ4n) is 3.74. The smallest absolute Gasteiger partial charge is 0.233 e. The first-order chi connectivity index (χ1) is 12.6. The molecular formula is C20H28N4OS. The summed E-state index contributed by atoms with van der Waals surface area (Å²) in [5, 5.41) is 9.54. The molecule has 1 aromatic carbocycles. The number of nitrogens with zero attached hydrogens (tertiary/aromatic N) is 4. The Morgan fingerprint density at radius 2 is 1.85 bits per heavy atom. The third-order valence-electron chi connectivity index (χ3n) is 4.86. The Morgan fingerprint density at radius 3 is 2.50 bits per heavy atom. The minimum atomic E-state index is 0.212. The number of carbonyl (C=O) groups excluding carboxylic acids is 1. The predicted octanol–water partition coefficient (Wildman–Crippen LogP) is 3.49. The second-order valence-electron chi connectivity index (χ2n) is 7.34. The first kappa shape index (κ1) is 19.0. The molecule has 140 valence electrons. The third kappa shape index (κ3) is 4.67. The number of piperidine rings is 1. The molecule has 0 saturated carbocycles. The fraction of sp³-hybridized carbons (Fsp3) is 0.550. The first-order valence-corrected chi connectivity index (χ1v) is 10.4. The Bertz CT molecular complexity index is 721. The summed E-state index contributed by atoms with van der Waals surface area (Å²) in [5.41, 5.74) is 1.22. The van der Waals surface area contributed by atoms with Crippen LogP contribution in [0.25, 0.3) is 0 Å². The van der Waals surface area contributed by atoms with E-state index in [9.17, 15) is 4.79 Å². The summed E-state index contributed by atoms with van der Waals surface area (Å²) < 4.78 is 2.12. The van der Waals surface area contributed by atoms with Crippen molar-refractivity contribution in [1.29, 1.82) is 0 Å². The molecular weight excluding hydrogens is 344 g/mol. The largest absolute Gasteiger partial charge is 0.341 e. The van der Waals surface area contributed by atoms with E-state index in [1.54, 1.807) is 0 Å². The van der Waals surface area contributed by atoms with E-state index in [4.69, 9.17) is 0 Å². The Balaban J connectivity index is 1.62. The van der Waals surface area contributed by atoms with Gasteiger partial charge in [-0.05, 0) is 30.7 Å². The van der Waals surface area contributed by atoms with Crippen molar-refractivity contribution >= 4 is 17.7 Å². The third-order valence-corrected chi connectivity index (χ3v) is 5.81. The molecule has 1 aromatic heterocycles. The maximum Gasteiger partial charge on any atom is 0.233 e. The van der Waals surface area contributed by atoms with E-state index in [1.807, 2.05) is 23.1 Å². The van der Waals surface area contributed by atoms with Gasteiger partial charge in [0.1, 0.15) is 5.82 Å². The Morgan fingerprint density at radius 1 is 1.15 bits per heavy atom. The molecule has 1 aliphatic rings. The molecule has 0 bridgehead atoms. The average Bonchev–Trinajstić information content (AvgIpc) is 3.01. The predicted molar refractivity (Wildman–Crippen MR) is 105 cm³/mol. The van der Waals surface area contributed by atoms with E-state index in [-0.39, 0.29) is 5.91 Å². The minimum Gasteiger partial charge on any atom is -0.341 e. The van der Waals surface area contributed by atoms with Crippen LogP contribution in [0.1, 0.15) is 38.6 Å². The minimum absolute atomic E-state index is 0.212. The summed E-state index contributed by atoms with van der Waals surface area (Å²) in [6.45, 7) is 9.12. The molecule has 26 heavy (non-hydrogen) atoms. The lowest BCUT2D eigenvalue weighted by Crippen LogP contribution is -2.43. The van der Waals surface area contributed by atoms with Crippen LogP contribution in [-0.2, 0) is 17.8 Å². The van der Waals surface area contributed by atoms with Gasteiger partial charge in [-0.15, -0.1) is 10.2 Å². The van der Waals surface area contributed by atoms with Gasteiger partial charge in [-0.3, -0.25) is 4.79 Å². The highest BCUT2D eigenvalue weighted by atomic mass is 32.2. The highest BCUT2D eigenvalue weighted by molar-refractivity contribution is 7.99. The van der Waals surface area contributed by atoms with Crippen molar-refractivity contribution < 1.29 is 4.79 Å². The Labute approximate surface area is 160 Å². The number of benzene rings is 1. The monoisotopic (exact) mass is 372 g/mol. The Hall–Kier alpha value is -1.82. The number of aromatic nitrogens is 3. The number of thioether (sulfide) groups is 1. The highest BCUT2D eigenvalue weighted by Crippen LogP contribution is 2.23. The van der Waals surface area contributed by atoms with Crippen molar-refractivity contribution in [1.82, 2.24) is 19.7 Å². The molecule has 0 spiro atoms. The lowest BCUT2D eigenvalue weighted by atomic mass is 9.92. The number of likely N-dealkylation sites (tertiary alicyclic amines) is 1. The van der Waals surface area contributed by atoms with Gasteiger partial charge in [-0.25, -0.2) is 0 Å². The maximum atomic E-state index is 12.6. The second-order valence-corrected chi connectivity index (χ2v) is 8.28. The van der Waals surface area contributed by atoms with Gasteiger partial charge in [-0.1, -0.05) is 55.9 Å². The highest BCUT2D eigenvalue weighted by Gasteiger charge is 2.25. The zero-order valence-corrected chi connectivity index (χ0v) is 16.7. The average molecular weight is 373 g/mol. The maximum absolute atomic E-state index is 12.6. The van der Waals surface area contributed by atoms with Gasteiger partial charge in [0.25, 0.3) is 0 Å². The molecule has 6 heteroatoms. The second kappa shape index (κ2) is 8.71. The summed E-state index contributed by atoms with van der Waals surface area (Å²) in [5.74, 6) is 2.77. The zero-order valence-electron chi connectivity index (χ0n) is 15.9. The SMILES string of the molecule is CCn1c(Cc2ccccc2)nnc1SCC(=O)N1C[C@@H](C)C[C@H](C)C1. The molecule has 1 amide bonds. The summed E-state index contributed by atoms with van der Waals surface area (Å²) in [7, 11) is 0. The quantitative estimate of drug-likeness (QED) is 0.729. The molecule has 0 aliphatic carbocycles. The number of hydrogen-bond acceptors (Lipinski definition) is 4. The van der Waals surface area contributed by atoms with Gasteiger partial charge in [0.15, 0.2) is 5.16 Å². The molecule has 3 rings (SSSR count). The molecule has 2 aromatic rings. The van der Waals surface area contributed by atoms with Crippen molar-refractivity contribution in [2.24, 2.45) is 11.8 Å². The van der Waals surface area contributed by atoms with Crippen LogP contribution in [0, 0.1) is 11.8 Å². The van der Waals surface area contributed by atoms with E-state index < -0.39 is 0 Å². The van der Waals surface area contributed by atoms with Gasteiger partial charge in [-0.2, -0.15) is 0 Å².